The van der Waals surface area contributed by atoms with E-state index in [1.807, 2.05) is 18.3 Å². The highest BCUT2D eigenvalue weighted by Gasteiger charge is 2.26. The van der Waals surface area contributed by atoms with Gasteiger partial charge in [0.2, 0.25) is 5.91 Å². The molecule has 5 heteroatoms. The van der Waals surface area contributed by atoms with E-state index < -0.39 is 0 Å². The van der Waals surface area contributed by atoms with Crippen molar-refractivity contribution in [1.82, 2.24) is 15.3 Å². The summed E-state index contributed by atoms with van der Waals surface area (Å²) in [5.74, 6) is 1.94. The maximum absolute atomic E-state index is 12.8. The summed E-state index contributed by atoms with van der Waals surface area (Å²) in [6, 6.07) is 20.9. The number of aryl methyl sites for hydroxylation is 2. The first-order chi connectivity index (χ1) is 15.6. The number of rotatable bonds is 7. The van der Waals surface area contributed by atoms with Crippen LogP contribution in [0.25, 0.3) is 11.4 Å². The predicted octanol–water partition coefficient (Wildman–Crippen LogP) is 4.81. The molecule has 1 aliphatic heterocycles. The van der Waals surface area contributed by atoms with Gasteiger partial charge in [-0.15, -0.1) is 0 Å². The Bertz CT molecular complexity index is 1010. The molecule has 1 N–H and O–H groups in total. The quantitative estimate of drug-likeness (QED) is 0.587. The number of benzene rings is 2. The van der Waals surface area contributed by atoms with Crippen molar-refractivity contribution in [3.63, 3.8) is 0 Å². The van der Waals surface area contributed by atoms with Crippen molar-refractivity contribution in [2.75, 3.05) is 18.0 Å². The number of amides is 1. The topological polar surface area (TPSA) is 58.1 Å². The van der Waals surface area contributed by atoms with Crippen LogP contribution in [0.5, 0.6) is 0 Å². The van der Waals surface area contributed by atoms with E-state index in [1.54, 1.807) is 0 Å². The van der Waals surface area contributed by atoms with Gasteiger partial charge in [0.1, 0.15) is 5.82 Å². The van der Waals surface area contributed by atoms with Crippen molar-refractivity contribution < 1.29 is 4.79 Å². The first-order valence-corrected chi connectivity index (χ1v) is 11.6. The van der Waals surface area contributed by atoms with Gasteiger partial charge in [0.25, 0.3) is 0 Å². The van der Waals surface area contributed by atoms with E-state index in [4.69, 9.17) is 4.98 Å². The summed E-state index contributed by atoms with van der Waals surface area (Å²) in [4.78, 5) is 24.3. The maximum atomic E-state index is 12.8. The number of piperidine rings is 1. The Hall–Kier alpha value is -3.21. The second kappa shape index (κ2) is 10.4. The molecule has 1 fully saturated rings. The Morgan fingerprint density at radius 1 is 1.06 bits per heavy atom. The molecule has 0 aliphatic carbocycles. The Morgan fingerprint density at radius 3 is 2.50 bits per heavy atom. The molecule has 166 valence electrons. The van der Waals surface area contributed by atoms with E-state index in [9.17, 15) is 4.79 Å². The molecule has 1 saturated heterocycles. The van der Waals surface area contributed by atoms with Crippen molar-refractivity contribution in [1.29, 1.82) is 0 Å². The molecule has 1 aliphatic rings. The standard InChI is InChI=1S/C27H32N4O/c1-20-8-12-23(13-9-20)26-28-17-14-25(30-26)31-18-15-24(16-19-31)27(32)29-21(2)10-11-22-6-4-3-5-7-22/h3-9,12-14,17,21,24H,10-11,15-16,18-19H2,1-2H3,(H,29,32). The molecule has 0 saturated carbocycles. The third-order valence-corrected chi connectivity index (χ3v) is 6.24. The third-order valence-electron chi connectivity index (χ3n) is 6.24. The molecule has 1 amide bonds. The van der Waals surface area contributed by atoms with Crippen LogP contribution in [-0.4, -0.2) is 35.0 Å². The van der Waals surface area contributed by atoms with E-state index in [-0.39, 0.29) is 17.9 Å². The molecule has 0 spiro atoms. The molecule has 2 aromatic carbocycles. The van der Waals surface area contributed by atoms with Crippen LogP contribution in [0.1, 0.15) is 37.3 Å². The summed E-state index contributed by atoms with van der Waals surface area (Å²) in [6.45, 7) is 5.84. The number of nitrogens with one attached hydrogen (secondary N) is 1. The summed E-state index contributed by atoms with van der Waals surface area (Å²) in [7, 11) is 0. The van der Waals surface area contributed by atoms with Gasteiger partial charge in [-0.05, 0) is 51.2 Å². The second-order valence-electron chi connectivity index (χ2n) is 8.80. The Kier molecular flexibility index (Phi) is 7.15. The number of hydrogen-bond donors (Lipinski definition) is 1. The smallest absolute Gasteiger partial charge is 0.223 e. The maximum Gasteiger partial charge on any atom is 0.223 e. The number of carbonyl (C=O) groups is 1. The lowest BCUT2D eigenvalue weighted by atomic mass is 9.95. The van der Waals surface area contributed by atoms with Crippen molar-refractivity contribution in [2.45, 2.75) is 45.6 Å². The molecule has 5 nitrogen and oxygen atoms in total. The lowest BCUT2D eigenvalue weighted by molar-refractivity contribution is -0.126. The van der Waals surface area contributed by atoms with Gasteiger partial charge in [-0.1, -0.05) is 60.2 Å². The Morgan fingerprint density at radius 2 is 1.78 bits per heavy atom. The van der Waals surface area contributed by atoms with Crippen molar-refractivity contribution in [3.8, 4) is 11.4 Å². The lowest BCUT2D eigenvalue weighted by Gasteiger charge is -2.32. The van der Waals surface area contributed by atoms with Crippen LogP contribution in [0, 0.1) is 12.8 Å². The normalized spacial score (nSPS) is 15.4. The molecule has 0 radical (unpaired) electrons. The SMILES string of the molecule is Cc1ccc(-c2nccc(N3CCC(C(=O)NC(C)CCc4ccccc4)CC3)n2)cc1. The Labute approximate surface area is 190 Å². The molecule has 1 unspecified atom stereocenters. The van der Waals surface area contributed by atoms with Gasteiger partial charge in [-0.2, -0.15) is 0 Å². The molecule has 3 aromatic rings. The third kappa shape index (κ3) is 5.72. The summed E-state index contributed by atoms with van der Waals surface area (Å²) in [6.07, 6.45) is 5.46. The van der Waals surface area contributed by atoms with Crippen LogP contribution in [0.4, 0.5) is 5.82 Å². The number of aromatic nitrogens is 2. The van der Waals surface area contributed by atoms with Crippen LogP contribution in [0.15, 0.2) is 66.9 Å². The molecule has 4 rings (SSSR count). The van der Waals surface area contributed by atoms with Gasteiger partial charge < -0.3 is 10.2 Å². The van der Waals surface area contributed by atoms with Gasteiger partial charge >= 0.3 is 0 Å². The molecular weight excluding hydrogens is 396 g/mol. The van der Waals surface area contributed by atoms with Crippen LogP contribution < -0.4 is 10.2 Å². The summed E-state index contributed by atoms with van der Waals surface area (Å²) < 4.78 is 0. The van der Waals surface area contributed by atoms with Gasteiger partial charge in [0, 0.05) is 36.8 Å². The highest BCUT2D eigenvalue weighted by atomic mass is 16.1. The van der Waals surface area contributed by atoms with Crippen LogP contribution >= 0.6 is 0 Å². The number of anilines is 1. The molecule has 1 aromatic heterocycles. The lowest BCUT2D eigenvalue weighted by Crippen LogP contribution is -2.43. The first kappa shape index (κ1) is 22.0. The van der Waals surface area contributed by atoms with Gasteiger partial charge in [-0.25, -0.2) is 9.97 Å². The van der Waals surface area contributed by atoms with Gasteiger partial charge in [-0.3, -0.25) is 4.79 Å². The predicted molar refractivity (Wildman–Crippen MR) is 130 cm³/mol. The van der Waals surface area contributed by atoms with Crippen molar-refractivity contribution in [3.05, 3.63) is 78.0 Å². The number of carbonyl (C=O) groups excluding carboxylic acids is 1. The minimum Gasteiger partial charge on any atom is -0.356 e. The van der Waals surface area contributed by atoms with E-state index in [0.29, 0.717) is 0 Å². The molecule has 32 heavy (non-hydrogen) atoms. The van der Waals surface area contributed by atoms with E-state index in [2.05, 4.69) is 77.6 Å². The monoisotopic (exact) mass is 428 g/mol. The molecule has 1 atom stereocenters. The summed E-state index contributed by atoms with van der Waals surface area (Å²) in [5, 5.41) is 3.23. The second-order valence-corrected chi connectivity index (χ2v) is 8.80. The van der Waals surface area contributed by atoms with E-state index >= 15 is 0 Å². The van der Waals surface area contributed by atoms with Gasteiger partial charge in [0.05, 0.1) is 0 Å². The van der Waals surface area contributed by atoms with E-state index in [0.717, 1.165) is 56.0 Å². The van der Waals surface area contributed by atoms with E-state index in [1.165, 1.54) is 11.1 Å². The average Bonchev–Trinajstić information content (AvgIpc) is 2.84. The minimum absolute atomic E-state index is 0.0730. The Balaban J connectivity index is 1.28. The van der Waals surface area contributed by atoms with Crippen LogP contribution in [0.3, 0.4) is 0 Å². The molecule has 2 heterocycles. The van der Waals surface area contributed by atoms with Gasteiger partial charge in [0.15, 0.2) is 5.82 Å². The zero-order chi connectivity index (χ0) is 22.3. The zero-order valence-corrected chi connectivity index (χ0v) is 19.0. The fourth-order valence-electron chi connectivity index (χ4n) is 4.20. The first-order valence-electron chi connectivity index (χ1n) is 11.6. The minimum atomic E-state index is 0.0730. The fraction of sp³-hybridized carbons (Fsp3) is 0.370. The molecule has 0 bridgehead atoms. The average molecular weight is 429 g/mol. The van der Waals surface area contributed by atoms with Crippen molar-refractivity contribution in [2.24, 2.45) is 5.92 Å². The largest absolute Gasteiger partial charge is 0.356 e. The van der Waals surface area contributed by atoms with Crippen LogP contribution in [-0.2, 0) is 11.2 Å². The zero-order valence-electron chi connectivity index (χ0n) is 19.0. The van der Waals surface area contributed by atoms with Crippen molar-refractivity contribution >= 4 is 11.7 Å². The highest BCUT2D eigenvalue weighted by Crippen LogP contribution is 2.24. The number of hydrogen-bond acceptors (Lipinski definition) is 4. The number of nitrogens with zero attached hydrogens (tertiary/aromatic N) is 3. The van der Waals surface area contributed by atoms with Crippen LogP contribution in [0.2, 0.25) is 0 Å². The highest BCUT2D eigenvalue weighted by molar-refractivity contribution is 5.79. The fourth-order valence-corrected chi connectivity index (χ4v) is 4.20. The summed E-state index contributed by atoms with van der Waals surface area (Å²) >= 11 is 0. The summed E-state index contributed by atoms with van der Waals surface area (Å²) in [5.41, 5.74) is 3.56. The molecular formula is C27H32N4O.